The van der Waals surface area contributed by atoms with Crippen molar-refractivity contribution in [2.45, 2.75) is 44.9 Å². The van der Waals surface area contributed by atoms with Gasteiger partial charge in [-0.3, -0.25) is 4.68 Å². The Balaban J connectivity index is 1.60. The van der Waals surface area contributed by atoms with Gasteiger partial charge in [-0.2, -0.15) is 5.10 Å². The summed E-state index contributed by atoms with van der Waals surface area (Å²) in [5.41, 5.74) is 1.23. The van der Waals surface area contributed by atoms with E-state index in [9.17, 15) is 0 Å². The number of aryl methyl sites for hydroxylation is 1. The van der Waals surface area contributed by atoms with E-state index < -0.39 is 0 Å². The molecule has 1 unspecified atom stereocenters. The van der Waals surface area contributed by atoms with Gasteiger partial charge in [-0.05, 0) is 25.7 Å². The van der Waals surface area contributed by atoms with Gasteiger partial charge in [0.1, 0.15) is 0 Å². The summed E-state index contributed by atoms with van der Waals surface area (Å²) in [6.07, 6.45) is 9.30. The summed E-state index contributed by atoms with van der Waals surface area (Å²) in [5, 5.41) is 7.70. The summed E-state index contributed by atoms with van der Waals surface area (Å²) in [7, 11) is 1.72. The van der Waals surface area contributed by atoms with E-state index in [0.29, 0.717) is 6.10 Å². The molecule has 0 amide bonds. The Hall–Kier alpha value is -0.910. The molecule has 0 bridgehead atoms. The van der Waals surface area contributed by atoms with Crippen LogP contribution in [-0.4, -0.2) is 42.8 Å². The highest BCUT2D eigenvalue weighted by atomic mass is 16.5. The van der Waals surface area contributed by atoms with Crippen molar-refractivity contribution in [3.8, 4) is 0 Å². The average molecular weight is 267 g/mol. The molecule has 1 aliphatic rings. The first kappa shape index (κ1) is 14.5. The summed E-state index contributed by atoms with van der Waals surface area (Å²) in [6.45, 7) is 4.41. The van der Waals surface area contributed by atoms with Crippen molar-refractivity contribution in [3.05, 3.63) is 18.0 Å². The second-order valence-electron chi connectivity index (χ2n) is 5.06. The number of methoxy groups -OCH3 is 1. The molecule has 2 heterocycles. The zero-order valence-electron chi connectivity index (χ0n) is 11.8. The van der Waals surface area contributed by atoms with Crippen molar-refractivity contribution in [1.82, 2.24) is 15.1 Å². The Morgan fingerprint density at radius 3 is 3.32 bits per heavy atom. The zero-order valence-corrected chi connectivity index (χ0v) is 11.8. The lowest BCUT2D eigenvalue weighted by atomic mass is 10.1. The van der Waals surface area contributed by atoms with Gasteiger partial charge in [0.2, 0.25) is 0 Å². The first-order valence-electron chi connectivity index (χ1n) is 7.21. The summed E-state index contributed by atoms with van der Waals surface area (Å²) >= 11 is 0. The van der Waals surface area contributed by atoms with Crippen LogP contribution in [0.1, 0.15) is 31.2 Å². The van der Waals surface area contributed by atoms with Crippen LogP contribution >= 0.6 is 0 Å². The highest BCUT2D eigenvalue weighted by molar-refractivity contribution is 5.03. The van der Waals surface area contributed by atoms with E-state index in [1.807, 2.05) is 10.9 Å². The second-order valence-corrected chi connectivity index (χ2v) is 5.06. The van der Waals surface area contributed by atoms with E-state index in [2.05, 4.69) is 16.6 Å². The third-order valence-electron chi connectivity index (χ3n) is 3.44. The van der Waals surface area contributed by atoms with Gasteiger partial charge in [0.05, 0.1) is 18.9 Å². The molecule has 0 saturated carbocycles. The molecule has 1 aromatic heterocycles. The molecular formula is C14H25N3O2. The normalized spacial score (nSPS) is 19.1. The van der Waals surface area contributed by atoms with E-state index in [-0.39, 0.29) is 0 Å². The van der Waals surface area contributed by atoms with E-state index in [1.165, 1.54) is 18.4 Å². The molecule has 1 saturated heterocycles. The first-order valence-corrected chi connectivity index (χ1v) is 7.21. The van der Waals surface area contributed by atoms with Gasteiger partial charge in [0, 0.05) is 45.1 Å². The molecule has 0 spiro atoms. The number of nitrogens with one attached hydrogen (secondary N) is 1. The molecule has 0 aliphatic carbocycles. The van der Waals surface area contributed by atoms with Gasteiger partial charge in [0.15, 0.2) is 0 Å². The summed E-state index contributed by atoms with van der Waals surface area (Å²) in [4.78, 5) is 0. The van der Waals surface area contributed by atoms with Gasteiger partial charge in [0.25, 0.3) is 0 Å². The summed E-state index contributed by atoms with van der Waals surface area (Å²) < 4.78 is 12.6. The molecule has 1 atom stereocenters. The van der Waals surface area contributed by atoms with E-state index >= 15 is 0 Å². The van der Waals surface area contributed by atoms with Gasteiger partial charge in [-0.25, -0.2) is 0 Å². The molecule has 108 valence electrons. The third-order valence-corrected chi connectivity index (χ3v) is 3.44. The van der Waals surface area contributed by atoms with Crippen molar-refractivity contribution in [3.63, 3.8) is 0 Å². The van der Waals surface area contributed by atoms with Crippen LogP contribution in [0.15, 0.2) is 12.4 Å². The zero-order chi connectivity index (χ0) is 13.3. The fourth-order valence-corrected chi connectivity index (χ4v) is 2.38. The molecule has 1 fully saturated rings. The van der Waals surface area contributed by atoms with Crippen LogP contribution < -0.4 is 5.32 Å². The Labute approximate surface area is 115 Å². The largest absolute Gasteiger partial charge is 0.383 e. The molecule has 1 aliphatic heterocycles. The van der Waals surface area contributed by atoms with Gasteiger partial charge in [-0.1, -0.05) is 0 Å². The maximum Gasteiger partial charge on any atom is 0.0587 e. The van der Waals surface area contributed by atoms with Gasteiger partial charge in [-0.15, -0.1) is 0 Å². The number of nitrogens with zero attached hydrogens (tertiary/aromatic N) is 2. The van der Waals surface area contributed by atoms with Crippen molar-refractivity contribution in [2.24, 2.45) is 0 Å². The quantitative estimate of drug-likeness (QED) is 0.690. The van der Waals surface area contributed by atoms with Crippen molar-refractivity contribution < 1.29 is 9.47 Å². The first-order chi connectivity index (χ1) is 9.38. The lowest BCUT2D eigenvalue weighted by Crippen LogP contribution is -2.18. The van der Waals surface area contributed by atoms with Gasteiger partial charge >= 0.3 is 0 Å². The SMILES string of the molecule is COCCNCc1cnn(CCCC2CCCO2)c1. The van der Waals surface area contributed by atoms with Crippen LogP contribution in [0, 0.1) is 0 Å². The molecule has 0 aromatic carbocycles. The fraction of sp³-hybridized carbons (Fsp3) is 0.786. The average Bonchev–Trinajstić information content (AvgIpc) is 3.07. The van der Waals surface area contributed by atoms with Crippen LogP contribution in [0.5, 0.6) is 0 Å². The Kier molecular flexibility index (Phi) is 6.33. The van der Waals surface area contributed by atoms with Crippen molar-refractivity contribution in [1.29, 1.82) is 0 Å². The molecule has 1 aromatic rings. The second kappa shape index (κ2) is 8.30. The Morgan fingerprint density at radius 2 is 2.53 bits per heavy atom. The number of hydrogen-bond donors (Lipinski definition) is 1. The topological polar surface area (TPSA) is 48.3 Å². The standard InChI is InChI=1S/C14H25N3O2/c1-18-9-6-15-10-13-11-16-17(12-13)7-2-4-14-5-3-8-19-14/h11-12,14-15H,2-10H2,1H3. The van der Waals surface area contributed by atoms with E-state index in [1.54, 1.807) is 7.11 Å². The van der Waals surface area contributed by atoms with Crippen molar-refractivity contribution in [2.75, 3.05) is 26.9 Å². The number of hydrogen-bond acceptors (Lipinski definition) is 4. The minimum absolute atomic E-state index is 0.491. The molecule has 5 heteroatoms. The smallest absolute Gasteiger partial charge is 0.0587 e. The minimum Gasteiger partial charge on any atom is -0.383 e. The van der Waals surface area contributed by atoms with Gasteiger partial charge < -0.3 is 14.8 Å². The summed E-state index contributed by atoms with van der Waals surface area (Å²) in [6, 6.07) is 0. The fourth-order valence-electron chi connectivity index (χ4n) is 2.38. The molecule has 19 heavy (non-hydrogen) atoms. The Bertz CT molecular complexity index is 348. The van der Waals surface area contributed by atoms with Crippen LogP contribution in [0.4, 0.5) is 0 Å². The van der Waals surface area contributed by atoms with Crippen LogP contribution in [-0.2, 0) is 22.6 Å². The lowest BCUT2D eigenvalue weighted by molar-refractivity contribution is 0.101. The Morgan fingerprint density at radius 1 is 1.58 bits per heavy atom. The number of rotatable bonds is 9. The predicted octanol–water partition coefficient (Wildman–Crippen LogP) is 1.58. The maximum absolute atomic E-state index is 5.62. The highest BCUT2D eigenvalue weighted by Crippen LogP contribution is 2.17. The van der Waals surface area contributed by atoms with E-state index in [0.717, 1.165) is 45.7 Å². The molecular weight excluding hydrogens is 242 g/mol. The third kappa shape index (κ3) is 5.30. The lowest BCUT2D eigenvalue weighted by Gasteiger charge is -2.08. The molecule has 2 rings (SSSR count). The molecule has 0 radical (unpaired) electrons. The van der Waals surface area contributed by atoms with Crippen LogP contribution in [0.25, 0.3) is 0 Å². The van der Waals surface area contributed by atoms with Crippen LogP contribution in [0.3, 0.4) is 0 Å². The summed E-state index contributed by atoms with van der Waals surface area (Å²) in [5.74, 6) is 0. The number of aromatic nitrogens is 2. The van der Waals surface area contributed by atoms with Crippen LogP contribution in [0.2, 0.25) is 0 Å². The molecule has 5 nitrogen and oxygen atoms in total. The monoisotopic (exact) mass is 267 g/mol. The number of ether oxygens (including phenoxy) is 2. The highest BCUT2D eigenvalue weighted by Gasteiger charge is 2.14. The molecule has 1 N–H and O–H groups in total. The minimum atomic E-state index is 0.491. The van der Waals surface area contributed by atoms with E-state index in [4.69, 9.17) is 9.47 Å². The maximum atomic E-state index is 5.62. The predicted molar refractivity (Wildman–Crippen MR) is 74.0 cm³/mol. The van der Waals surface area contributed by atoms with Crippen molar-refractivity contribution >= 4 is 0 Å².